The molecule has 0 radical (unpaired) electrons. The molecule has 0 aliphatic carbocycles. The van der Waals surface area contributed by atoms with E-state index in [2.05, 4.69) is 41.9 Å². The Hall–Kier alpha value is -2.29. The first-order chi connectivity index (χ1) is 9.28. The summed E-state index contributed by atoms with van der Waals surface area (Å²) in [6, 6.07) is 6.28. The van der Waals surface area contributed by atoms with Crippen LogP contribution in [0.25, 0.3) is 10.9 Å². The fraction of sp³-hybridized carbons (Fsp3) is 0.188. The van der Waals surface area contributed by atoms with Crippen LogP contribution in [0.3, 0.4) is 0 Å². The van der Waals surface area contributed by atoms with E-state index in [1.54, 1.807) is 0 Å². The number of anilines is 1. The molecule has 0 unspecified atom stereocenters. The molecule has 1 aromatic carbocycles. The van der Waals surface area contributed by atoms with Crippen molar-refractivity contribution in [3.8, 4) is 0 Å². The Morgan fingerprint density at radius 2 is 1.84 bits per heavy atom. The minimum Gasteiger partial charge on any atom is -0.364 e. The lowest BCUT2D eigenvalue weighted by atomic mass is 10.2. The van der Waals surface area contributed by atoms with Crippen LogP contribution in [-0.2, 0) is 6.54 Å². The highest BCUT2D eigenvalue weighted by Gasteiger charge is 2.06. The van der Waals surface area contributed by atoms with Crippen molar-refractivity contribution in [2.24, 2.45) is 0 Å². The zero-order valence-corrected chi connectivity index (χ0v) is 11.1. The van der Waals surface area contributed by atoms with Gasteiger partial charge < -0.3 is 4.90 Å². The molecule has 0 amide bonds. The Morgan fingerprint density at radius 3 is 2.47 bits per heavy atom. The Labute approximate surface area is 114 Å². The van der Waals surface area contributed by atoms with Crippen molar-refractivity contribution in [2.75, 3.05) is 18.0 Å². The Bertz CT molecular complexity index is 585. The Morgan fingerprint density at radius 1 is 1.11 bits per heavy atom. The van der Waals surface area contributed by atoms with Crippen molar-refractivity contribution >= 4 is 16.6 Å². The van der Waals surface area contributed by atoms with Crippen molar-refractivity contribution in [2.45, 2.75) is 6.54 Å². The quantitative estimate of drug-likeness (QED) is 0.705. The number of fused-ring (bicyclic) bond motifs is 1. The zero-order chi connectivity index (χ0) is 13.7. The molecule has 1 heterocycles. The van der Waals surface area contributed by atoms with Crippen LogP contribution >= 0.6 is 0 Å². The average Bonchev–Trinajstić information content (AvgIpc) is 2.80. The van der Waals surface area contributed by atoms with Crippen molar-refractivity contribution in [3.63, 3.8) is 0 Å². The van der Waals surface area contributed by atoms with Crippen LogP contribution in [0, 0.1) is 0 Å². The monoisotopic (exact) mass is 253 g/mol. The minimum atomic E-state index is 0.729. The predicted octanol–water partition coefficient (Wildman–Crippen LogP) is 3.40. The van der Waals surface area contributed by atoms with Gasteiger partial charge in [0.2, 0.25) is 0 Å². The fourth-order valence-electron chi connectivity index (χ4n) is 2.08. The summed E-state index contributed by atoms with van der Waals surface area (Å²) in [5.41, 5.74) is 2.16. The Balaban J connectivity index is 2.35. The van der Waals surface area contributed by atoms with Crippen LogP contribution < -0.4 is 4.90 Å². The molecule has 2 aromatic rings. The average molecular weight is 253 g/mol. The summed E-state index contributed by atoms with van der Waals surface area (Å²) < 4.78 is 1.90. The maximum absolute atomic E-state index is 4.48. The third-order valence-electron chi connectivity index (χ3n) is 2.92. The molecule has 0 bridgehead atoms. The number of hydrogen-bond acceptors (Lipinski definition) is 2. The SMILES string of the molecule is C=CCN(CC=C)c1ccc2nn(CC=C)cc2c1. The van der Waals surface area contributed by atoms with E-state index in [4.69, 9.17) is 0 Å². The van der Waals surface area contributed by atoms with E-state index in [1.165, 1.54) is 0 Å². The second-order valence-electron chi connectivity index (χ2n) is 4.37. The number of rotatable bonds is 7. The third kappa shape index (κ3) is 2.94. The standard InChI is InChI=1S/C16H19N3/c1-4-9-18(10-5-2)15-7-8-16-14(12-15)13-19(17-16)11-6-3/h4-8,12-13H,1-3,9-11H2. The van der Waals surface area contributed by atoms with Crippen LogP contribution in [0.5, 0.6) is 0 Å². The normalized spacial score (nSPS) is 10.3. The molecule has 0 spiro atoms. The summed E-state index contributed by atoms with van der Waals surface area (Å²) in [6.07, 6.45) is 7.68. The van der Waals surface area contributed by atoms with E-state index >= 15 is 0 Å². The largest absolute Gasteiger partial charge is 0.364 e. The summed E-state index contributed by atoms with van der Waals surface area (Å²) in [7, 11) is 0. The minimum absolute atomic E-state index is 0.729. The first-order valence-corrected chi connectivity index (χ1v) is 6.33. The first-order valence-electron chi connectivity index (χ1n) is 6.33. The fourth-order valence-corrected chi connectivity index (χ4v) is 2.08. The van der Waals surface area contributed by atoms with E-state index in [0.717, 1.165) is 36.2 Å². The second kappa shape index (κ2) is 6.05. The van der Waals surface area contributed by atoms with Gasteiger partial charge in [-0.05, 0) is 18.2 Å². The van der Waals surface area contributed by atoms with E-state index in [0.29, 0.717) is 0 Å². The van der Waals surface area contributed by atoms with Gasteiger partial charge in [-0.15, -0.1) is 19.7 Å². The summed E-state index contributed by atoms with van der Waals surface area (Å²) in [6.45, 7) is 13.7. The van der Waals surface area contributed by atoms with Crippen molar-refractivity contribution in [3.05, 3.63) is 62.4 Å². The maximum Gasteiger partial charge on any atom is 0.0924 e. The van der Waals surface area contributed by atoms with Gasteiger partial charge in [-0.2, -0.15) is 5.10 Å². The molecule has 3 nitrogen and oxygen atoms in total. The highest BCUT2D eigenvalue weighted by Crippen LogP contribution is 2.21. The van der Waals surface area contributed by atoms with E-state index in [1.807, 2.05) is 35.2 Å². The van der Waals surface area contributed by atoms with Gasteiger partial charge in [0.15, 0.2) is 0 Å². The number of hydrogen-bond donors (Lipinski definition) is 0. The van der Waals surface area contributed by atoms with Crippen LogP contribution in [0.4, 0.5) is 5.69 Å². The van der Waals surface area contributed by atoms with Gasteiger partial charge in [-0.1, -0.05) is 18.2 Å². The summed E-state index contributed by atoms with van der Waals surface area (Å²) in [5.74, 6) is 0. The van der Waals surface area contributed by atoms with Crippen molar-refractivity contribution in [1.82, 2.24) is 9.78 Å². The topological polar surface area (TPSA) is 21.1 Å². The van der Waals surface area contributed by atoms with Gasteiger partial charge in [0.05, 0.1) is 12.1 Å². The van der Waals surface area contributed by atoms with Crippen LogP contribution in [0.1, 0.15) is 0 Å². The first kappa shape index (κ1) is 13.1. The zero-order valence-electron chi connectivity index (χ0n) is 11.1. The molecular formula is C16H19N3. The molecular weight excluding hydrogens is 234 g/mol. The summed E-state index contributed by atoms with van der Waals surface area (Å²) >= 11 is 0. The molecule has 3 heteroatoms. The van der Waals surface area contributed by atoms with Gasteiger partial charge in [0.25, 0.3) is 0 Å². The van der Waals surface area contributed by atoms with E-state index in [-0.39, 0.29) is 0 Å². The molecule has 98 valence electrons. The van der Waals surface area contributed by atoms with Gasteiger partial charge in [0.1, 0.15) is 0 Å². The maximum atomic E-state index is 4.48. The smallest absolute Gasteiger partial charge is 0.0924 e. The molecule has 0 saturated heterocycles. The molecule has 0 N–H and O–H groups in total. The number of benzene rings is 1. The van der Waals surface area contributed by atoms with Gasteiger partial charge in [-0.3, -0.25) is 4.68 Å². The van der Waals surface area contributed by atoms with E-state index in [9.17, 15) is 0 Å². The van der Waals surface area contributed by atoms with Gasteiger partial charge in [-0.25, -0.2) is 0 Å². The summed E-state index contributed by atoms with van der Waals surface area (Å²) in [5, 5.41) is 5.62. The van der Waals surface area contributed by atoms with Crippen LogP contribution in [-0.4, -0.2) is 22.9 Å². The predicted molar refractivity (Wildman–Crippen MR) is 82.5 cm³/mol. The molecule has 0 aliphatic rings. The van der Waals surface area contributed by atoms with Crippen molar-refractivity contribution < 1.29 is 0 Å². The number of allylic oxidation sites excluding steroid dienone is 1. The molecule has 19 heavy (non-hydrogen) atoms. The molecule has 0 atom stereocenters. The lowest BCUT2D eigenvalue weighted by Gasteiger charge is -2.21. The highest BCUT2D eigenvalue weighted by molar-refractivity contribution is 5.82. The lowest BCUT2D eigenvalue weighted by Crippen LogP contribution is -2.22. The summed E-state index contributed by atoms with van der Waals surface area (Å²) in [4.78, 5) is 2.21. The van der Waals surface area contributed by atoms with Crippen LogP contribution in [0.2, 0.25) is 0 Å². The van der Waals surface area contributed by atoms with E-state index < -0.39 is 0 Å². The molecule has 2 rings (SSSR count). The Kier molecular flexibility index (Phi) is 4.18. The molecule has 1 aromatic heterocycles. The highest BCUT2D eigenvalue weighted by atomic mass is 15.3. The third-order valence-corrected chi connectivity index (χ3v) is 2.92. The molecule has 0 fully saturated rings. The molecule has 0 saturated carbocycles. The lowest BCUT2D eigenvalue weighted by molar-refractivity contribution is 0.712. The van der Waals surface area contributed by atoms with Gasteiger partial charge in [0, 0.05) is 30.4 Å². The number of nitrogens with zero attached hydrogens (tertiary/aromatic N) is 3. The number of aromatic nitrogens is 2. The molecule has 0 aliphatic heterocycles. The van der Waals surface area contributed by atoms with Crippen LogP contribution in [0.15, 0.2) is 62.4 Å². The second-order valence-corrected chi connectivity index (χ2v) is 4.37. The van der Waals surface area contributed by atoms with Crippen molar-refractivity contribution in [1.29, 1.82) is 0 Å². The van der Waals surface area contributed by atoms with Gasteiger partial charge >= 0.3 is 0 Å².